The third-order valence-corrected chi connectivity index (χ3v) is 7.41. The smallest absolute Gasteiger partial charge is 0.254 e. The van der Waals surface area contributed by atoms with Gasteiger partial charge in [0.05, 0.1) is 13.2 Å². The van der Waals surface area contributed by atoms with E-state index >= 15 is 0 Å². The number of aryl methyl sites for hydroxylation is 2. The van der Waals surface area contributed by atoms with Crippen molar-refractivity contribution >= 4 is 29.1 Å². The summed E-state index contributed by atoms with van der Waals surface area (Å²) in [5.74, 6) is -0.00857. The summed E-state index contributed by atoms with van der Waals surface area (Å²) in [6, 6.07) is 11.8. The summed E-state index contributed by atoms with van der Waals surface area (Å²) in [5, 5.41) is 0.964. The number of hydrogen-bond donors (Lipinski definition) is 0. The molecular weight excluding hydrogens is 481 g/mol. The highest BCUT2D eigenvalue weighted by molar-refractivity contribution is 6.35. The average Bonchev–Trinajstić information content (AvgIpc) is 2.84. The van der Waals surface area contributed by atoms with Gasteiger partial charge in [0, 0.05) is 67.5 Å². The molecule has 1 amide bonds. The van der Waals surface area contributed by atoms with E-state index in [1.807, 2.05) is 4.90 Å². The first kappa shape index (κ1) is 26.2. The highest BCUT2D eigenvalue weighted by Gasteiger charge is 2.31. The lowest BCUT2D eigenvalue weighted by atomic mass is 9.98. The molecule has 0 radical (unpaired) electrons. The molecule has 5 nitrogen and oxygen atoms in total. The van der Waals surface area contributed by atoms with Gasteiger partial charge >= 0.3 is 0 Å². The van der Waals surface area contributed by atoms with Crippen molar-refractivity contribution in [1.82, 2.24) is 14.7 Å². The first-order valence-electron chi connectivity index (χ1n) is 12.4. The third kappa shape index (κ3) is 7.31. The van der Waals surface area contributed by atoms with Gasteiger partial charge in [0.2, 0.25) is 0 Å². The predicted molar refractivity (Wildman–Crippen MR) is 144 cm³/mol. The molecule has 0 aliphatic carbocycles. The fraction of sp³-hybridized carbons (Fsp3) is 0.464. The van der Waals surface area contributed by atoms with Crippen LogP contribution < -0.4 is 0 Å². The van der Waals surface area contributed by atoms with Crippen LogP contribution in [0.3, 0.4) is 0 Å². The molecule has 2 aliphatic heterocycles. The van der Waals surface area contributed by atoms with Crippen LogP contribution in [0.1, 0.15) is 27.0 Å². The van der Waals surface area contributed by atoms with Crippen LogP contribution in [-0.2, 0) is 11.2 Å². The maximum Gasteiger partial charge on any atom is 0.254 e. The number of carbonyl (C=O) groups is 1. The topological polar surface area (TPSA) is 36.0 Å². The maximum atomic E-state index is 13.5. The van der Waals surface area contributed by atoms with Gasteiger partial charge in [0.25, 0.3) is 5.91 Å². The van der Waals surface area contributed by atoms with Crippen LogP contribution >= 0.6 is 23.2 Å². The number of hydrogen-bond acceptors (Lipinski definition) is 4. The molecule has 1 atom stereocenters. The maximum absolute atomic E-state index is 13.5. The SMILES string of the molecule is Cc1ccc(C[C@@H]2CN(C/C=C/CN3CCOCC3)CCN2C(=O)c2cc(Cl)cc(Cl)c2)cc1C. The molecule has 2 aliphatic rings. The molecule has 35 heavy (non-hydrogen) atoms. The Balaban J connectivity index is 1.45. The summed E-state index contributed by atoms with van der Waals surface area (Å²) in [5.41, 5.74) is 4.36. The number of nitrogens with zero attached hydrogens (tertiary/aromatic N) is 3. The Morgan fingerprint density at radius 1 is 0.914 bits per heavy atom. The Kier molecular flexibility index (Phi) is 9.26. The van der Waals surface area contributed by atoms with Crippen molar-refractivity contribution in [2.45, 2.75) is 26.3 Å². The van der Waals surface area contributed by atoms with Crippen molar-refractivity contribution < 1.29 is 9.53 Å². The Hall–Kier alpha value is -1.89. The second-order valence-electron chi connectivity index (χ2n) is 9.58. The number of carbonyl (C=O) groups excluding carboxylic acids is 1. The van der Waals surface area contributed by atoms with Crippen LogP contribution in [0, 0.1) is 13.8 Å². The third-order valence-electron chi connectivity index (χ3n) is 6.98. The van der Waals surface area contributed by atoms with Crippen LogP contribution in [0.25, 0.3) is 0 Å². The van der Waals surface area contributed by atoms with Gasteiger partial charge in [-0.25, -0.2) is 0 Å². The normalized spacial score (nSPS) is 20.0. The number of rotatable bonds is 7. The zero-order chi connectivity index (χ0) is 24.8. The minimum atomic E-state index is -0.00857. The first-order chi connectivity index (χ1) is 16.9. The zero-order valence-corrected chi connectivity index (χ0v) is 22.2. The van der Waals surface area contributed by atoms with Gasteiger partial charge in [0.15, 0.2) is 0 Å². The van der Waals surface area contributed by atoms with Crippen molar-refractivity contribution in [3.8, 4) is 0 Å². The van der Waals surface area contributed by atoms with Gasteiger partial charge in [0.1, 0.15) is 0 Å². The van der Waals surface area contributed by atoms with Gasteiger partial charge in [-0.05, 0) is 55.2 Å². The Morgan fingerprint density at radius 3 is 2.29 bits per heavy atom. The fourth-order valence-electron chi connectivity index (χ4n) is 4.80. The Bertz CT molecular complexity index is 1030. The van der Waals surface area contributed by atoms with Crippen molar-refractivity contribution in [2.75, 3.05) is 59.0 Å². The number of morpholine rings is 1. The molecule has 4 rings (SSSR count). The van der Waals surface area contributed by atoms with E-state index in [4.69, 9.17) is 27.9 Å². The van der Waals surface area contributed by atoms with Crippen LogP contribution in [0.15, 0.2) is 48.6 Å². The summed E-state index contributed by atoms with van der Waals surface area (Å²) in [6.07, 6.45) is 5.33. The average molecular weight is 517 g/mol. The summed E-state index contributed by atoms with van der Waals surface area (Å²) >= 11 is 12.4. The predicted octanol–water partition coefficient (Wildman–Crippen LogP) is 4.87. The summed E-state index contributed by atoms with van der Waals surface area (Å²) in [7, 11) is 0. The molecule has 0 N–H and O–H groups in total. The molecule has 0 bridgehead atoms. The van der Waals surface area contributed by atoms with Crippen LogP contribution in [0.5, 0.6) is 0 Å². The molecule has 2 fully saturated rings. The van der Waals surface area contributed by atoms with Gasteiger partial charge < -0.3 is 9.64 Å². The highest BCUT2D eigenvalue weighted by Crippen LogP contribution is 2.24. The quantitative estimate of drug-likeness (QED) is 0.493. The van der Waals surface area contributed by atoms with Crippen molar-refractivity contribution in [3.05, 3.63) is 80.8 Å². The summed E-state index contributed by atoms with van der Waals surface area (Å²) < 4.78 is 5.43. The summed E-state index contributed by atoms with van der Waals surface area (Å²) in [4.78, 5) is 20.4. The minimum absolute atomic E-state index is 0.00857. The molecule has 2 heterocycles. The van der Waals surface area contributed by atoms with Crippen LogP contribution in [0.2, 0.25) is 10.0 Å². The Morgan fingerprint density at radius 2 is 1.60 bits per heavy atom. The fourth-order valence-corrected chi connectivity index (χ4v) is 5.33. The van der Waals surface area contributed by atoms with Crippen LogP contribution in [-0.4, -0.2) is 85.7 Å². The van der Waals surface area contributed by atoms with Gasteiger partial charge in [-0.15, -0.1) is 0 Å². The van der Waals surface area contributed by atoms with Crippen molar-refractivity contribution in [2.24, 2.45) is 0 Å². The van der Waals surface area contributed by atoms with Gasteiger partial charge in [-0.3, -0.25) is 14.6 Å². The lowest BCUT2D eigenvalue weighted by Gasteiger charge is -2.41. The molecule has 0 unspecified atom stereocenters. The highest BCUT2D eigenvalue weighted by atomic mass is 35.5. The largest absolute Gasteiger partial charge is 0.379 e. The van der Waals surface area contributed by atoms with Crippen LogP contribution in [0.4, 0.5) is 0 Å². The molecule has 0 saturated carbocycles. The van der Waals surface area contributed by atoms with Crippen molar-refractivity contribution in [3.63, 3.8) is 0 Å². The van der Waals surface area contributed by atoms with E-state index in [1.54, 1.807) is 18.2 Å². The molecule has 0 spiro atoms. The van der Waals surface area contributed by atoms with Crippen molar-refractivity contribution in [1.29, 1.82) is 0 Å². The van der Waals surface area contributed by atoms with E-state index in [0.717, 1.165) is 58.9 Å². The lowest BCUT2D eigenvalue weighted by molar-refractivity contribution is 0.0431. The van der Waals surface area contributed by atoms with Gasteiger partial charge in [-0.2, -0.15) is 0 Å². The van der Waals surface area contributed by atoms with E-state index in [9.17, 15) is 4.79 Å². The lowest BCUT2D eigenvalue weighted by Crippen LogP contribution is -2.56. The van der Waals surface area contributed by atoms with E-state index in [0.29, 0.717) is 22.2 Å². The molecule has 2 saturated heterocycles. The van der Waals surface area contributed by atoms with Gasteiger partial charge in [-0.1, -0.05) is 53.6 Å². The second kappa shape index (κ2) is 12.4. The second-order valence-corrected chi connectivity index (χ2v) is 10.5. The number of halogens is 2. The number of ether oxygens (including phenoxy) is 1. The van der Waals surface area contributed by atoms with E-state index < -0.39 is 0 Å². The number of benzene rings is 2. The minimum Gasteiger partial charge on any atom is -0.379 e. The monoisotopic (exact) mass is 515 g/mol. The molecule has 2 aromatic rings. The zero-order valence-electron chi connectivity index (χ0n) is 20.7. The molecule has 2 aromatic carbocycles. The molecular formula is C28H35Cl2N3O2. The van der Waals surface area contributed by atoms with E-state index in [1.165, 1.54) is 16.7 Å². The van der Waals surface area contributed by atoms with E-state index in [2.05, 4.69) is 54.0 Å². The first-order valence-corrected chi connectivity index (χ1v) is 13.2. The molecule has 7 heteroatoms. The molecule has 0 aromatic heterocycles. The number of amides is 1. The number of piperazine rings is 1. The van der Waals surface area contributed by atoms with E-state index in [-0.39, 0.29) is 11.9 Å². The Labute approximate surface area is 219 Å². The standard InChI is InChI=1S/C28H35Cl2N3O2/c1-21-5-6-23(15-22(21)2)16-27-20-32(8-4-3-7-31-11-13-35-14-12-31)9-10-33(27)28(34)24-17-25(29)19-26(30)18-24/h3-6,15,17-19,27H,7-14,16,20H2,1-2H3/b4-3+/t27-/m1/s1. The summed E-state index contributed by atoms with van der Waals surface area (Å²) in [6.45, 7) is 12.1. The molecule has 188 valence electrons.